The van der Waals surface area contributed by atoms with Crippen molar-refractivity contribution in [3.63, 3.8) is 0 Å². The quantitative estimate of drug-likeness (QED) is 0.728. The molecule has 1 unspecified atom stereocenters. The van der Waals surface area contributed by atoms with Gasteiger partial charge in [0.2, 0.25) is 0 Å². The highest BCUT2D eigenvalue weighted by Crippen LogP contribution is 2.22. The average molecular weight is 318 g/mol. The Morgan fingerprint density at radius 2 is 2.17 bits per heavy atom. The molecule has 0 bridgehead atoms. The van der Waals surface area contributed by atoms with Gasteiger partial charge in [0, 0.05) is 6.07 Å². The van der Waals surface area contributed by atoms with Crippen molar-refractivity contribution >= 4 is 15.9 Å². The average Bonchev–Trinajstić information content (AvgIpc) is 2.34. The Kier molecular flexibility index (Phi) is 7.28. The van der Waals surface area contributed by atoms with E-state index in [4.69, 9.17) is 4.74 Å². The third-order valence-corrected chi connectivity index (χ3v) is 3.26. The van der Waals surface area contributed by atoms with Gasteiger partial charge in [-0.25, -0.2) is 4.39 Å². The van der Waals surface area contributed by atoms with Gasteiger partial charge >= 0.3 is 0 Å². The van der Waals surface area contributed by atoms with E-state index in [9.17, 15) is 4.39 Å². The van der Waals surface area contributed by atoms with Gasteiger partial charge in [0.05, 0.1) is 10.6 Å². The zero-order valence-electron chi connectivity index (χ0n) is 11.0. The molecular formula is C14H21BrFNO. The lowest BCUT2D eigenvalue weighted by molar-refractivity contribution is 0.206. The third kappa shape index (κ3) is 5.83. The monoisotopic (exact) mass is 317 g/mol. The second-order valence-corrected chi connectivity index (χ2v) is 5.25. The molecular weight excluding hydrogens is 297 g/mol. The van der Waals surface area contributed by atoms with Crippen molar-refractivity contribution in [1.82, 2.24) is 5.32 Å². The molecule has 0 aromatic heterocycles. The molecule has 102 valence electrons. The molecule has 0 radical (unpaired) electrons. The lowest BCUT2D eigenvalue weighted by Gasteiger charge is -2.15. The molecule has 2 nitrogen and oxygen atoms in total. The molecule has 1 aromatic rings. The number of rotatable bonds is 8. The number of ether oxygens (including phenoxy) is 1. The Morgan fingerprint density at radius 1 is 1.39 bits per heavy atom. The summed E-state index contributed by atoms with van der Waals surface area (Å²) in [4.78, 5) is 0. The van der Waals surface area contributed by atoms with E-state index in [1.54, 1.807) is 12.1 Å². The molecule has 18 heavy (non-hydrogen) atoms. The highest BCUT2D eigenvalue weighted by molar-refractivity contribution is 9.10. The van der Waals surface area contributed by atoms with Gasteiger partial charge in [-0.3, -0.25) is 0 Å². The summed E-state index contributed by atoms with van der Waals surface area (Å²) in [6, 6.07) is 4.86. The highest BCUT2D eigenvalue weighted by Gasteiger charge is 2.06. The standard InChI is InChI=1S/C14H21BrFNO/c1-3-8-17-9-4-5-11(2)18-12-6-7-13(15)14(16)10-12/h6-7,10-11,17H,3-5,8-9H2,1-2H3. The highest BCUT2D eigenvalue weighted by atomic mass is 79.9. The van der Waals surface area contributed by atoms with Crippen LogP contribution in [0.2, 0.25) is 0 Å². The number of nitrogens with one attached hydrogen (secondary N) is 1. The van der Waals surface area contributed by atoms with Crippen molar-refractivity contribution in [3.8, 4) is 5.75 Å². The van der Waals surface area contributed by atoms with Gasteiger partial charge in [0.25, 0.3) is 0 Å². The molecule has 0 saturated carbocycles. The van der Waals surface area contributed by atoms with E-state index in [2.05, 4.69) is 28.2 Å². The zero-order chi connectivity index (χ0) is 13.4. The molecule has 1 N–H and O–H groups in total. The molecule has 0 saturated heterocycles. The van der Waals surface area contributed by atoms with E-state index in [0.29, 0.717) is 10.2 Å². The van der Waals surface area contributed by atoms with Crippen LogP contribution in [-0.2, 0) is 0 Å². The molecule has 4 heteroatoms. The molecule has 0 aliphatic carbocycles. The maximum atomic E-state index is 13.3. The first-order valence-electron chi connectivity index (χ1n) is 6.46. The molecule has 1 rings (SSSR count). The summed E-state index contributed by atoms with van der Waals surface area (Å²) in [5, 5.41) is 3.35. The van der Waals surface area contributed by atoms with Gasteiger partial charge in [-0.1, -0.05) is 6.92 Å². The molecule has 0 amide bonds. The Labute approximate surface area is 117 Å². The summed E-state index contributed by atoms with van der Waals surface area (Å²) >= 11 is 3.12. The van der Waals surface area contributed by atoms with Crippen LogP contribution in [0.15, 0.2) is 22.7 Å². The van der Waals surface area contributed by atoms with Crippen LogP contribution in [0, 0.1) is 5.82 Å². The Bertz CT molecular complexity index is 360. The second-order valence-electron chi connectivity index (χ2n) is 4.40. The predicted octanol–water partition coefficient (Wildman–Crippen LogP) is 4.14. The minimum absolute atomic E-state index is 0.106. The smallest absolute Gasteiger partial charge is 0.141 e. The van der Waals surface area contributed by atoms with E-state index in [1.807, 2.05) is 6.92 Å². The first-order valence-corrected chi connectivity index (χ1v) is 7.25. The minimum atomic E-state index is -0.288. The Balaban J connectivity index is 2.26. The Hall–Kier alpha value is -0.610. The largest absolute Gasteiger partial charge is 0.491 e. The SMILES string of the molecule is CCCNCCCC(C)Oc1ccc(Br)c(F)c1. The molecule has 1 atom stereocenters. The number of halogens is 2. The van der Waals surface area contributed by atoms with Gasteiger partial charge in [-0.2, -0.15) is 0 Å². The van der Waals surface area contributed by atoms with Crippen molar-refractivity contribution in [2.75, 3.05) is 13.1 Å². The van der Waals surface area contributed by atoms with Crippen LogP contribution in [0.4, 0.5) is 4.39 Å². The lowest BCUT2D eigenvalue weighted by atomic mass is 10.2. The summed E-state index contributed by atoms with van der Waals surface area (Å²) in [5.74, 6) is 0.300. The van der Waals surface area contributed by atoms with Gasteiger partial charge in [-0.05, 0) is 67.3 Å². The van der Waals surface area contributed by atoms with Crippen LogP contribution >= 0.6 is 15.9 Å². The van der Waals surface area contributed by atoms with Crippen LogP contribution in [0.5, 0.6) is 5.75 Å². The molecule has 0 aliphatic heterocycles. The normalized spacial score (nSPS) is 12.4. The van der Waals surface area contributed by atoms with Crippen molar-refractivity contribution in [3.05, 3.63) is 28.5 Å². The molecule has 0 spiro atoms. The van der Waals surface area contributed by atoms with Crippen molar-refractivity contribution < 1.29 is 9.13 Å². The minimum Gasteiger partial charge on any atom is -0.491 e. The van der Waals surface area contributed by atoms with E-state index in [1.165, 1.54) is 6.07 Å². The fourth-order valence-corrected chi connectivity index (χ4v) is 1.90. The van der Waals surface area contributed by atoms with Crippen molar-refractivity contribution in [2.24, 2.45) is 0 Å². The van der Waals surface area contributed by atoms with Gasteiger partial charge in [-0.15, -0.1) is 0 Å². The van der Waals surface area contributed by atoms with Crippen molar-refractivity contribution in [1.29, 1.82) is 0 Å². The fraction of sp³-hybridized carbons (Fsp3) is 0.571. The summed E-state index contributed by atoms with van der Waals surface area (Å²) in [5.41, 5.74) is 0. The Morgan fingerprint density at radius 3 is 2.83 bits per heavy atom. The summed E-state index contributed by atoms with van der Waals surface area (Å²) in [6.45, 7) is 6.24. The van der Waals surface area contributed by atoms with Crippen LogP contribution in [-0.4, -0.2) is 19.2 Å². The van der Waals surface area contributed by atoms with Crippen LogP contribution in [0.3, 0.4) is 0 Å². The molecule has 0 aliphatic rings. The number of hydrogen-bond donors (Lipinski definition) is 1. The van der Waals surface area contributed by atoms with Crippen molar-refractivity contribution in [2.45, 2.75) is 39.2 Å². The molecule has 0 heterocycles. The summed E-state index contributed by atoms with van der Waals surface area (Å²) in [7, 11) is 0. The van der Waals surface area contributed by atoms with Crippen LogP contribution in [0.1, 0.15) is 33.1 Å². The van der Waals surface area contributed by atoms with Gasteiger partial charge in [0.15, 0.2) is 0 Å². The first kappa shape index (κ1) is 15.4. The molecule has 1 aromatic carbocycles. The second kappa shape index (κ2) is 8.48. The number of hydrogen-bond acceptors (Lipinski definition) is 2. The summed E-state index contributed by atoms with van der Waals surface area (Å²) in [6.07, 6.45) is 3.30. The van der Waals surface area contributed by atoms with Gasteiger partial charge < -0.3 is 10.1 Å². The first-order chi connectivity index (χ1) is 8.63. The van der Waals surface area contributed by atoms with E-state index < -0.39 is 0 Å². The summed E-state index contributed by atoms with van der Waals surface area (Å²) < 4.78 is 19.4. The molecule has 0 fully saturated rings. The topological polar surface area (TPSA) is 21.3 Å². The van der Waals surface area contributed by atoms with Crippen LogP contribution in [0.25, 0.3) is 0 Å². The number of benzene rings is 1. The van der Waals surface area contributed by atoms with E-state index in [-0.39, 0.29) is 11.9 Å². The zero-order valence-corrected chi connectivity index (χ0v) is 12.6. The maximum absolute atomic E-state index is 13.3. The van der Waals surface area contributed by atoms with Crippen LogP contribution < -0.4 is 10.1 Å². The fourth-order valence-electron chi connectivity index (χ4n) is 1.66. The maximum Gasteiger partial charge on any atom is 0.141 e. The van der Waals surface area contributed by atoms with Gasteiger partial charge in [0.1, 0.15) is 11.6 Å². The van der Waals surface area contributed by atoms with E-state index in [0.717, 1.165) is 32.4 Å². The predicted molar refractivity (Wildman–Crippen MR) is 76.6 cm³/mol. The lowest BCUT2D eigenvalue weighted by Crippen LogP contribution is -2.19. The third-order valence-electron chi connectivity index (χ3n) is 2.62. The van der Waals surface area contributed by atoms with E-state index >= 15 is 0 Å².